The largest absolute Gasteiger partial charge is 0.276 e. The summed E-state index contributed by atoms with van der Waals surface area (Å²) in [7, 11) is -2.29. The molecule has 1 atom stereocenters. The van der Waals surface area contributed by atoms with E-state index in [0.717, 1.165) is 0 Å². The van der Waals surface area contributed by atoms with E-state index < -0.39 is 21.5 Å². The summed E-state index contributed by atoms with van der Waals surface area (Å²) in [5, 5.41) is -0.611. The van der Waals surface area contributed by atoms with Gasteiger partial charge in [0.2, 0.25) is 15.5 Å². The van der Waals surface area contributed by atoms with E-state index >= 15 is 0 Å². The molecule has 0 N–H and O–H groups in total. The normalized spacial score (nSPS) is 21.2. The van der Waals surface area contributed by atoms with Crippen LogP contribution >= 0.6 is 11.6 Å². The summed E-state index contributed by atoms with van der Waals surface area (Å²) in [4.78, 5) is 11.0. The van der Waals surface area contributed by atoms with Crippen LogP contribution in [0.5, 0.6) is 0 Å². The SMILES string of the molecule is CC1C(C(=O)Cl)=CC=CC1=S(=O)=O. The van der Waals surface area contributed by atoms with Crippen molar-refractivity contribution in [2.45, 2.75) is 6.92 Å². The smallest absolute Gasteiger partial charge is 0.248 e. The van der Waals surface area contributed by atoms with Crippen LogP contribution in [0.25, 0.3) is 0 Å². The van der Waals surface area contributed by atoms with Crippen molar-refractivity contribution in [2.24, 2.45) is 5.92 Å². The fourth-order valence-corrected chi connectivity index (χ4v) is 1.96. The first-order valence-corrected chi connectivity index (χ1v) is 5.03. The minimum atomic E-state index is -2.29. The van der Waals surface area contributed by atoms with Crippen molar-refractivity contribution in [1.29, 1.82) is 0 Å². The fourth-order valence-electron chi connectivity index (χ4n) is 1.12. The molecule has 1 unspecified atom stereocenters. The van der Waals surface area contributed by atoms with Gasteiger partial charge in [-0.05, 0) is 17.7 Å². The highest BCUT2D eigenvalue weighted by molar-refractivity contribution is 7.73. The molecule has 13 heavy (non-hydrogen) atoms. The third kappa shape index (κ3) is 2.08. The van der Waals surface area contributed by atoms with Crippen molar-refractivity contribution >= 4 is 32.0 Å². The lowest BCUT2D eigenvalue weighted by molar-refractivity contribution is -0.108. The van der Waals surface area contributed by atoms with Gasteiger partial charge in [0.15, 0.2) is 0 Å². The van der Waals surface area contributed by atoms with Crippen LogP contribution in [-0.2, 0) is 15.1 Å². The van der Waals surface area contributed by atoms with Crippen molar-refractivity contribution in [2.75, 3.05) is 0 Å². The average molecular weight is 219 g/mol. The van der Waals surface area contributed by atoms with E-state index in [1.165, 1.54) is 18.2 Å². The minimum absolute atomic E-state index is 0.187. The van der Waals surface area contributed by atoms with Gasteiger partial charge in [-0.1, -0.05) is 19.1 Å². The Morgan fingerprint density at radius 3 is 2.62 bits per heavy atom. The second kappa shape index (κ2) is 3.89. The molecule has 0 aromatic heterocycles. The summed E-state index contributed by atoms with van der Waals surface area (Å²) in [5.74, 6) is -0.451. The molecule has 70 valence electrons. The molecule has 1 aliphatic carbocycles. The van der Waals surface area contributed by atoms with Gasteiger partial charge in [0.25, 0.3) is 0 Å². The summed E-state index contributed by atoms with van der Waals surface area (Å²) in [6.45, 7) is 1.63. The molecule has 0 spiro atoms. The molecule has 0 aromatic rings. The Kier molecular flexibility index (Phi) is 3.06. The van der Waals surface area contributed by atoms with Crippen molar-refractivity contribution in [3.05, 3.63) is 23.8 Å². The number of rotatable bonds is 1. The van der Waals surface area contributed by atoms with E-state index in [2.05, 4.69) is 0 Å². The molecule has 3 nitrogen and oxygen atoms in total. The topological polar surface area (TPSA) is 51.2 Å². The van der Waals surface area contributed by atoms with Gasteiger partial charge in [-0.3, -0.25) is 4.79 Å². The molecular formula is C8H7ClO3S. The zero-order valence-electron chi connectivity index (χ0n) is 6.82. The molecule has 0 radical (unpaired) electrons. The van der Waals surface area contributed by atoms with Crippen molar-refractivity contribution in [3.63, 3.8) is 0 Å². The fraction of sp³-hybridized carbons (Fsp3) is 0.250. The maximum Gasteiger partial charge on any atom is 0.248 e. The summed E-state index contributed by atoms with van der Waals surface area (Å²) < 4.78 is 21.3. The number of carbonyl (C=O) groups excluding carboxylic acids is 1. The maximum absolute atomic E-state index is 10.8. The summed E-state index contributed by atoms with van der Waals surface area (Å²) in [6, 6.07) is 0. The van der Waals surface area contributed by atoms with Crippen LogP contribution in [0.1, 0.15) is 6.92 Å². The van der Waals surface area contributed by atoms with Crippen molar-refractivity contribution in [3.8, 4) is 0 Å². The molecule has 0 aromatic carbocycles. The van der Waals surface area contributed by atoms with Gasteiger partial charge in [-0.2, -0.15) is 8.42 Å². The number of carbonyl (C=O) groups is 1. The lowest BCUT2D eigenvalue weighted by atomic mass is 9.94. The zero-order valence-corrected chi connectivity index (χ0v) is 8.39. The van der Waals surface area contributed by atoms with Gasteiger partial charge in [-0.25, -0.2) is 0 Å². The van der Waals surface area contributed by atoms with E-state index in [1.807, 2.05) is 0 Å². The second-order valence-corrected chi connectivity index (χ2v) is 3.90. The zero-order chi connectivity index (χ0) is 10.0. The standard InChI is InChI=1S/C8H7ClO3S/c1-5-6(8(9)10)3-2-4-7(5)13(11)12/h2-5H,1H3. The van der Waals surface area contributed by atoms with Crippen LogP contribution in [0.4, 0.5) is 0 Å². The van der Waals surface area contributed by atoms with Crippen molar-refractivity contribution in [1.82, 2.24) is 0 Å². The number of allylic oxidation sites excluding steroid dienone is 4. The average Bonchev–Trinajstić information content (AvgIpc) is 2.03. The van der Waals surface area contributed by atoms with Gasteiger partial charge in [0.05, 0.1) is 4.86 Å². The highest BCUT2D eigenvalue weighted by Gasteiger charge is 2.21. The molecule has 0 aliphatic heterocycles. The Morgan fingerprint density at radius 1 is 1.54 bits per heavy atom. The summed E-state index contributed by atoms with van der Waals surface area (Å²) >= 11 is 5.27. The molecule has 0 amide bonds. The van der Waals surface area contributed by atoms with Crippen LogP contribution in [-0.4, -0.2) is 18.5 Å². The van der Waals surface area contributed by atoms with E-state index in [1.54, 1.807) is 6.92 Å². The Hall–Kier alpha value is -0.870. The highest BCUT2D eigenvalue weighted by Crippen LogP contribution is 2.19. The summed E-state index contributed by atoms with van der Waals surface area (Å²) in [5.41, 5.74) is 0.309. The molecule has 0 saturated heterocycles. The molecule has 0 saturated carbocycles. The quantitative estimate of drug-likeness (QED) is 0.486. The van der Waals surface area contributed by atoms with Gasteiger partial charge >= 0.3 is 0 Å². The Labute approximate surface area is 82.2 Å². The third-order valence-corrected chi connectivity index (χ3v) is 2.94. The van der Waals surface area contributed by atoms with E-state index in [0.29, 0.717) is 5.57 Å². The van der Waals surface area contributed by atoms with Crippen LogP contribution in [0, 0.1) is 5.92 Å². The Balaban J connectivity index is 3.23. The second-order valence-electron chi connectivity index (χ2n) is 2.61. The van der Waals surface area contributed by atoms with Gasteiger partial charge in [-0.15, -0.1) is 0 Å². The van der Waals surface area contributed by atoms with Crippen LogP contribution in [0.3, 0.4) is 0 Å². The third-order valence-electron chi connectivity index (χ3n) is 1.85. The first-order chi connectivity index (χ1) is 6.04. The van der Waals surface area contributed by atoms with Crippen LogP contribution in [0.15, 0.2) is 23.8 Å². The predicted molar refractivity (Wildman–Crippen MR) is 51.2 cm³/mol. The number of hydrogen-bond donors (Lipinski definition) is 0. The van der Waals surface area contributed by atoms with Crippen LogP contribution < -0.4 is 0 Å². The van der Waals surface area contributed by atoms with Crippen molar-refractivity contribution < 1.29 is 13.2 Å². The monoisotopic (exact) mass is 218 g/mol. The van der Waals surface area contributed by atoms with E-state index in [4.69, 9.17) is 11.6 Å². The van der Waals surface area contributed by atoms with E-state index in [9.17, 15) is 13.2 Å². The van der Waals surface area contributed by atoms with Gasteiger partial charge in [0, 0.05) is 11.5 Å². The Morgan fingerprint density at radius 2 is 2.15 bits per heavy atom. The molecule has 1 aliphatic rings. The minimum Gasteiger partial charge on any atom is -0.276 e. The highest BCUT2D eigenvalue weighted by atomic mass is 35.5. The van der Waals surface area contributed by atoms with Gasteiger partial charge < -0.3 is 0 Å². The maximum atomic E-state index is 10.8. The van der Waals surface area contributed by atoms with E-state index in [-0.39, 0.29) is 4.86 Å². The summed E-state index contributed by atoms with van der Waals surface area (Å²) in [6.07, 6.45) is 4.48. The Bertz CT molecular complexity index is 420. The first-order valence-electron chi connectivity index (χ1n) is 3.58. The first kappa shape index (κ1) is 10.2. The lowest BCUT2D eigenvalue weighted by Gasteiger charge is -2.13. The molecule has 1 rings (SSSR count). The van der Waals surface area contributed by atoms with Crippen LogP contribution in [0.2, 0.25) is 0 Å². The predicted octanol–water partition coefficient (Wildman–Crippen LogP) is 0.936. The molecule has 0 bridgehead atoms. The van der Waals surface area contributed by atoms with Gasteiger partial charge in [0.1, 0.15) is 0 Å². The molecule has 5 heteroatoms. The lowest BCUT2D eigenvalue weighted by Crippen LogP contribution is -2.18. The number of halogens is 1. The molecule has 0 heterocycles. The molecular weight excluding hydrogens is 212 g/mol. The number of hydrogen-bond acceptors (Lipinski definition) is 3. The molecule has 0 fully saturated rings.